The van der Waals surface area contributed by atoms with E-state index in [9.17, 15) is 19.5 Å². The molecule has 0 saturated carbocycles. The van der Waals surface area contributed by atoms with E-state index in [0.717, 1.165) is 10.0 Å². The molecular formula is C23H19BrClNO6. The number of benzene rings is 2. The molecule has 166 valence electrons. The van der Waals surface area contributed by atoms with Gasteiger partial charge in [-0.05, 0) is 49.6 Å². The van der Waals surface area contributed by atoms with Crippen molar-refractivity contribution >= 4 is 50.4 Å². The molecule has 1 aliphatic rings. The quantitative estimate of drug-likeness (QED) is 0.526. The SMILES string of the molecule is Cc1cc(-c2cc(=O)c3cccc(Cl)c3o2)c(OCC(=O)N2CCC[C@@H]2C(=O)O)cc1Br. The second kappa shape index (κ2) is 8.96. The number of nitrogens with zero attached hydrogens (tertiary/aromatic N) is 1. The van der Waals surface area contributed by atoms with E-state index in [1.54, 1.807) is 30.3 Å². The molecule has 4 rings (SSSR count). The molecule has 1 aromatic heterocycles. The van der Waals surface area contributed by atoms with Crippen molar-refractivity contribution in [2.75, 3.05) is 13.2 Å². The number of fused-ring (bicyclic) bond motifs is 1. The molecule has 0 bridgehead atoms. The van der Waals surface area contributed by atoms with E-state index in [2.05, 4.69) is 15.9 Å². The van der Waals surface area contributed by atoms with Crippen molar-refractivity contribution in [3.05, 3.63) is 61.7 Å². The van der Waals surface area contributed by atoms with Gasteiger partial charge >= 0.3 is 5.97 Å². The summed E-state index contributed by atoms with van der Waals surface area (Å²) in [6.07, 6.45) is 1.05. The monoisotopic (exact) mass is 519 g/mol. The van der Waals surface area contributed by atoms with Gasteiger partial charge in [0.25, 0.3) is 5.91 Å². The van der Waals surface area contributed by atoms with Crippen LogP contribution in [0.3, 0.4) is 0 Å². The Labute approximate surface area is 196 Å². The van der Waals surface area contributed by atoms with Crippen LogP contribution in [0, 0.1) is 6.92 Å². The number of carboxylic acids is 1. The average Bonchev–Trinajstić information content (AvgIpc) is 3.25. The van der Waals surface area contributed by atoms with Gasteiger partial charge in [-0.25, -0.2) is 4.79 Å². The lowest BCUT2D eigenvalue weighted by Crippen LogP contribution is -2.42. The number of carbonyl (C=O) groups is 2. The molecule has 3 aromatic rings. The summed E-state index contributed by atoms with van der Waals surface area (Å²) in [5, 5.41) is 9.99. The molecular weight excluding hydrogens is 502 g/mol. The Balaban J connectivity index is 1.69. The van der Waals surface area contributed by atoms with Crippen molar-refractivity contribution in [3.63, 3.8) is 0 Å². The number of carbonyl (C=O) groups excluding carboxylic acids is 1. The van der Waals surface area contributed by atoms with Gasteiger partial charge < -0.3 is 19.2 Å². The lowest BCUT2D eigenvalue weighted by molar-refractivity contribution is -0.148. The van der Waals surface area contributed by atoms with Crippen LogP contribution < -0.4 is 10.2 Å². The highest BCUT2D eigenvalue weighted by Gasteiger charge is 2.34. The fourth-order valence-electron chi connectivity index (χ4n) is 3.80. The minimum absolute atomic E-state index is 0.248. The highest BCUT2D eigenvalue weighted by atomic mass is 79.9. The number of hydrogen-bond donors (Lipinski definition) is 1. The van der Waals surface area contributed by atoms with E-state index in [1.165, 1.54) is 11.0 Å². The summed E-state index contributed by atoms with van der Waals surface area (Å²) < 4.78 is 12.5. The molecule has 2 aromatic carbocycles. The lowest BCUT2D eigenvalue weighted by Gasteiger charge is -2.22. The Bertz CT molecular complexity index is 1290. The summed E-state index contributed by atoms with van der Waals surface area (Å²) >= 11 is 9.68. The van der Waals surface area contributed by atoms with Crippen LogP contribution in [0.4, 0.5) is 0 Å². The third-order valence-electron chi connectivity index (χ3n) is 5.44. The number of rotatable bonds is 5. The molecule has 1 aliphatic heterocycles. The molecule has 2 heterocycles. The molecule has 1 N–H and O–H groups in total. The van der Waals surface area contributed by atoms with Gasteiger partial charge in [-0.3, -0.25) is 9.59 Å². The van der Waals surface area contributed by atoms with Crippen LogP contribution in [0.15, 0.2) is 50.1 Å². The molecule has 1 atom stereocenters. The smallest absolute Gasteiger partial charge is 0.326 e. The molecule has 0 spiro atoms. The Morgan fingerprint density at radius 3 is 2.84 bits per heavy atom. The molecule has 0 unspecified atom stereocenters. The first kappa shape index (κ1) is 22.4. The molecule has 9 heteroatoms. The van der Waals surface area contributed by atoms with Crippen LogP contribution in [0.1, 0.15) is 18.4 Å². The maximum Gasteiger partial charge on any atom is 0.326 e. The van der Waals surface area contributed by atoms with Crippen molar-refractivity contribution in [3.8, 4) is 17.1 Å². The summed E-state index contributed by atoms with van der Waals surface area (Å²) in [4.78, 5) is 38.0. The topological polar surface area (TPSA) is 97.0 Å². The average molecular weight is 521 g/mol. The number of aliphatic carboxylic acids is 1. The highest BCUT2D eigenvalue weighted by molar-refractivity contribution is 9.10. The zero-order valence-corrected chi connectivity index (χ0v) is 19.4. The van der Waals surface area contributed by atoms with Crippen LogP contribution in [-0.4, -0.2) is 41.1 Å². The Kier molecular flexibility index (Phi) is 6.26. The largest absolute Gasteiger partial charge is 0.483 e. The van der Waals surface area contributed by atoms with Crippen LogP contribution >= 0.6 is 27.5 Å². The van der Waals surface area contributed by atoms with Gasteiger partial charge in [0.1, 0.15) is 17.6 Å². The Morgan fingerprint density at radius 1 is 1.31 bits per heavy atom. The van der Waals surface area contributed by atoms with Crippen molar-refractivity contribution in [1.29, 1.82) is 0 Å². The van der Waals surface area contributed by atoms with Crippen LogP contribution in [-0.2, 0) is 9.59 Å². The van der Waals surface area contributed by atoms with Gasteiger partial charge in [0, 0.05) is 17.1 Å². The van der Waals surface area contributed by atoms with Crippen LogP contribution in [0.5, 0.6) is 5.75 Å². The predicted octanol–water partition coefficient (Wildman–Crippen LogP) is 4.64. The number of ether oxygens (including phenoxy) is 1. The first-order valence-electron chi connectivity index (χ1n) is 9.94. The lowest BCUT2D eigenvalue weighted by atomic mass is 10.1. The number of amides is 1. The normalized spacial score (nSPS) is 15.8. The summed E-state index contributed by atoms with van der Waals surface area (Å²) in [6.45, 7) is 1.91. The first-order chi connectivity index (χ1) is 15.3. The van der Waals surface area contributed by atoms with Crippen molar-refractivity contribution < 1.29 is 23.8 Å². The maximum atomic E-state index is 12.6. The van der Waals surface area contributed by atoms with Crippen molar-refractivity contribution in [2.45, 2.75) is 25.8 Å². The molecule has 1 fully saturated rings. The number of aryl methyl sites for hydroxylation is 1. The first-order valence-corrected chi connectivity index (χ1v) is 11.1. The fraction of sp³-hybridized carbons (Fsp3) is 0.261. The standard InChI is InChI=1S/C23H19BrClNO6/c1-12-8-14(20-10-18(27)13-4-2-5-16(25)22(13)32-20)19(9-15(12)24)31-11-21(28)26-7-3-6-17(26)23(29)30/h2,4-5,8-10,17H,3,6-7,11H2,1H3,(H,29,30)/t17-/m1/s1. The minimum atomic E-state index is -1.02. The zero-order chi connectivity index (χ0) is 23.0. The zero-order valence-electron chi connectivity index (χ0n) is 17.1. The molecule has 32 heavy (non-hydrogen) atoms. The molecule has 1 saturated heterocycles. The van der Waals surface area contributed by atoms with Gasteiger partial charge in [0.05, 0.1) is 16.0 Å². The summed E-state index contributed by atoms with van der Waals surface area (Å²) in [5.74, 6) is -0.875. The van der Waals surface area contributed by atoms with E-state index < -0.39 is 17.9 Å². The maximum absolute atomic E-state index is 12.6. The molecule has 1 amide bonds. The number of carboxylic acid groups (broad SMARTS) is 1. The summed E-state index contributed by atoms with van der Waals surface area (Å²) in [6, 6.07) is 8.93. The second-order valence-electron chi connectivity index (χ2n) is 7.56. The van der Waals surface area contributed by atoms with Crippen molar-refractivity contribution in [1.82, 2.24) is 4.90 Å². The fourth-order valence-corrected chi connectivity index (χ4v) is 4.33. The van der Waals surface area contributed by atoms with Crippen molar-refractivity contribution in [2.24, 2.45) is 0 Å². The van der Waals surface area contributed by atoms with Gasteiger partial charge in [-0.1, -0.05) is 33.6 Å². The van der Waals surface area contributed by atoms with E-state index in [1.807, 2.05) is 6.92 Å². The summed E-state index contributed by atoms with van der Waals surface area (Å²) in [5.41, 5.74) is 1.35. The van der Waals surface area contributed by atoms with Crippen LogP contribution in [0.2, 0.25) is 5.02 Å². The van der Waals surface area contributed by atoms with Crippen LogP contribution in [0.25, 0.3) is 22.3 Å². The minimum Gasteiger partial charge on any atom is -0.483 e. The summed E-state index contributed by atoms with van der Waals surface area (Å²) in [7, 11) is 0. The van der Waals surface area contributed by atoms with Gasteiger partial charge in [0.15, 0.2) is 17.6 Å². The number of hydrogen-bond acceptors (Lipinski definition) is 5. The van der Waals surface area contributed by atoms with Gasteiger partial charge in [0.2, 0.25) is 0 Å². The second-order valence-corrected chi connectivity index (χ2v) is 8.82. The van der Waals surface area contributed by atoms with Gasteiger partial charge in [-0.2, -0.15) is 0 Å². The number of halogens is 2. The number of para-hydroxylation sites is 1. The third kappa shape index (κ3) is 4.25. The van der Waals surface area contributed by atoms with Gasteiger partial charge in [-0.15, -0.1) is 0 Å². The van der Waals surface area contributed by atoms with E-state index in [-0.39, 0.29) is 23.4 Å². The molecule has 0 aliphatic carbocycles. The Morgan fingerprint density at radius 2 is 2.09 bits per heavy atom. The third-order valence-corrected chi connectivity index (χ3v) is 6.59. The van der Waals surface area contributed by atoms with E-state index >= 15 is 0 Å². The molecule has 0 radical (unpaired) electrons. The van der Waals surface area contributed by atoms with E-state index in [0.29, 0.717) is 41.1 Å². The molecule has 7 nitrogen and oxygen atoms in total. The Hall–Kier alpha value is -2.84. The highest BCUT2D eigenvalue weighted by Crippen LogP contribution is 2.36. The van der Waals surface area contributed by atoms with E-state index in [4.69, 9.17) is 20.8 Å². The number of likely N-dealkylation sites (tertiary alicyclic amines) is 1. The predicted molar refractivity (Wildman–Crippen MR) is 123 cm³/mol.